The van der Waals surface area contributed by atoms with Crippen molar-refractivity contribution < 1.29 is 14.3 Å². The third-order valence-corrected chi connectivity index (χ3v) is 1.02. The van der Waals surface area contributed by atoms with Gasteiger partial charge in [0.25, 0.3) is 0 Å². The Labute approximate surface area is 46.6 Å². The number of ketones is 2. The molecule has 0 N–H and O–H groups in total. The molecule has 3 nitrogen and oxygen atoms in total. The van der Waals surface area contributed by atoms with Gasteiger partial charge in [-0.15, -0.1) is 0 Å². The van der Waals surface area contributed by atoms with E-state index in [1.807, 2.05) is 0 Å². The van der Waals surface area contributed by atoms with E-state index in [4.69, 9.17) is 0 Å². The van der Waals surface area contributed by atoms with Gasteiger partial charge in [0, 0.05) is 6.42 Å². The van der Waals surface area contributed by atoms with Crippen LogP contribution in [-0.4, -0.2) is 24.8 Å². The predicted octanol–water partition coefficient (Wildman–Crippen LogP) is -0.455. The molecule has 44 valence electrons. The van der Waals surface area contributed by atoms with E-state index in [2.05, 4.69) is 4.74 Å². The average Bonchev–Trinajstić information content (AvgIpc) is 1.77. The molecule has 0 radical (unpaired) electrons. The fourth-order valence-electron chi connectivity index (χ4n) is 0.550. The Kier molecular flexibility index (Phi) is 1.39. The number of ether oxygens (including phenoxy) is 1. The number of hydrogen-bond acceptors (Lipinski definition) is 3. The summed E-state index contributed by atoms with van der Waals surface area (Å²) in [5.41, 5.74) is 0. The molecule has 8 heavy (non-hydrogen) atoms. The van der Waals surface area contributed by atoms with Gasteiger partial charge in [-0.05, 0) is 0 Å². The summed E-state index contributed by atoms with van der Waals surface area (Å²) in [6, 6.07) is 0. The monoisotopic (exact) mass is 114 g/mol. The molecule has 0 atom stereocenters. The predicted molar refractivity (Wildman–Crippen MR) is 25.4 cm³/mol. The van der Waals surface area contributed by atoms with Gasteiger partial charge in [0.15, 0.2) is 0 Å². The lowest BCUT2D eigenvalue weighted by atomic mass is 10.2. The Morgan fingerprint density at radius 2 is 2.00 bits per heavy atom. The Bertz CT molecular complexity index is 112. The number of rotatable bonds is 0. The summed E-state index contributed by atoms with van der Waals surface area (Å²) in [6.07, 6.45) is 0.263. The van der Waals surface area contributed by atoms with E-state index in [0.29, 0.717) is 6.61 Å². The van der Waals surface area contributed by atoms with Crippen molar-refractivity contribution in [1.82, 2.24) is 0 Å². The van der Waals surface area contributed by atoms with Gasteiger partial charge in [-0.2, -0.15) is 0 Å². The van der Waals surface area contributed by atoms with Crippen LogP contribution in [-0.2, 0) is 14.3 Å². The fraction of sp³-hybridized carbons (Fsp3) is 0.600. The molecule has 1 rings (SSSR count). The maximum absolute atomic E-state index is 10.4. The Balaban J connectivity index is 2.52. The number of Topliss-reactive ketones (excluding diaryl/α,β-unsaturated/α-hetero) is 2. The average molecular weight is 114 g/mol. The zero-order valence-corrected chi connectivity index (χ0v) is 4.35. The molecule has 0 spiro atoms. The maximum atomic E-state index is 10.4. The van der Waals surface area contributed by atoms with Crippen LogP contribution in [0.4, 0.5) is 0 Å². The first-order valence-corrected chi connectivity index (χ1v) is 2.44. The van der Waals surface area contributed by atoms with Crippen molar-refractivity contribution >= 4 is 11.6 Å². The molecular weight excluding hydrogens is 108 g/mol. The van der Waals surface area contributed by atoms with Gasteiger partial charge in [0.05, 0.1) is 6.61 Å². The van der Waals surface area contributed by atoms with Gasteiger partial charge in [0.2, 0.25) is 11.6 Å². The molecule has 1 heterocycles. The number of hydrogen-bond donors (Lipinski definition) is 0. The summed E-state index contributed by atoms with van der Waals surface area (Å²) in [5, 5.41) is 0. The second-order valence-electron chi connectivity index (χ2n) is 1.65. The molecule has 1 saturated heterocycles. The minimum Gasteiger partial charge on any atom is -0.373 e. The standard InChI is InChI=1S/C5H6O3/c6-4-1-2-8-3-5(4)7/h1-3H2. The minimum atomic E-state index is -0.392. The molecule has 0 aliphatic carbocycles. The molecule has 0 amide bonds. The van der Waals surface area contributed by atoms with Crippen molar-refractivity contribution in [3.8, 4) is 0 Å². The first-order valence-electron chi connectivity index (χ1n) is 2.44. The van der Waals surface area contributed by atoms with Crippen LogP contribution in [0.25, 0.3) is 0 Å². The highest BCUT2D eigenvalue weighted by molar-refractivity contribution is 6.38. The summed E-state index contributed by atoms with van der Waals surface area (Å²) in [4.78, 5) is 20.7. The summed E-state index contributed by atoms with van der Waals surface area (Å²) < 4.78 is 4.68. The molecule has 0 aromatic rings. The van der Waals surface area contributed by atoms with Gasteiger partial charge in [-0.3, -0.25) is 9.59 Å². The van der Waals surface area contributed by atoms with Crippen molar-refractivity contribution in [2.75, 3.05) is 13.2 Å². The molecule has 1 aliphatic heterocycles. The lowest BCUT2D eigenvalue weighted by Crippen LogP contribution is -2.26. The molecule has 0 saturated carbocycles. The minimum absolute atomic E-state index is 0.0150. The Morgan fingerprint density at radius 1 is 1.25 bits per heavy atom. The van der Waals surface area contributed by atoms with E-state index in [-0.39, 0.29) is 18.8 Å². The lowest BCUT2D eigenvalue weighted by Gasteiger charge is -2.06. The largest absolute Gasteiger partial charge is 0.373 e. The van der Waals surface area contributed by atoms with E-state index in [1.54, 1.807) is 0 Å². The van der Waals surface area contributed by atoms with Gasteiger partial charge in [-0.1, -0.05) is 0 Å². The van der Waals surface area contributed by atoms with Crippen LogP contribution in [0.5, 0.6) is 0 Å². The van der Waals surface area contributed by atoms with Crippen LogP contribution < -0.4 is 0 Å². The zero-order valence-electron chi connectivity index (χ0n) is 4.35. The van der Waals surface area contributed by atoms with E-state index >= 15 is 0 Å². The van der Waals surface area contributed by atoms with Gasteiger partial charge < -0.3 is 4.74 Å². The molecule has 3 heteroatoms. The summed E-state index contributed by atoms with van der Waals surface area (Å²) >= 11 is 0. The smallest absolute Gasteiger partial charge is 0.224 e. The third kappa shape index (κ3) is 0.924. The molecular formula is C5H6O3. The van der Waals surface area contributed by atoms with Crippen molar-refractivity contribution in [3.05, 3.63) is 0 Å². The number of carbonyl (C=O) groups excluding carboxylic acids is 2. The van der Waals surface area contributed by atoms with Crippen LogP contribution in [0.15, 0.2) is 0 Å². The molecule has 1 fully saturated rings. The Hall–Kier alpha value is -0.700. The van der Waals surface area contributed by atoms with Crippen molar-refractivity contribution in [2.45, 2.75) is 6.42 Å². The van der Waals surface area contributed by atoms with Crippen LogP contribution in [0.2, 0.25) is 0 Å². The topological polar surface area (TPSA) is 43.4 Å². The van der Waals surface area contributed by atoms with Crippen LogP contribution >= 0.6 is 0 Å². The highest BCUT2D eigenvalue weighted by Gasteiger charge is 2.17. The summed E-state index contributed by atoms with van der Waals surface area (Å²) in [6.45, 7) is 0.392. The van der Waals surface area contributed by atoms with Crippen LogP contribution in [0.1, 0.15) is 6.42 Å². The molecule has 1 aliphatic rings. The van der Waals surface area contributed by atoms with Crippen molar-refractivity contribution in [3.63, 3.8) is 0 Å². The van der Waals surface area contributed by atoms with Gasteiger partial charge >= 0.3 is 0 Å². The Morgan fingerprint density at radius 3 is 2.38 bits per heavy atom. The SMILES string of the molecule is O=C1CCOCC1=O. The number of carbonyl (C=O) groups is 2. The zero-order chi connectivity index (χ0) is 5.98. The van der Waals surface area contributed by atoms with E-state index in [9.17, 15) is 9.59 Å². The second kappa shape index (κ2) is 2.05. The first kappa shape index (κ1) is 5.44. The first-order chi connectivity index (χ1) is 3.80. The van der Waals surface area contributed by atoms with E-state index < -0.39 is 5.78 Å². The third-order valence-electron chi connectivity index (χ3n) is 1.02. The molecule has 0 bridgehead atoms. The molecule has 0 unspecified atom stereocenters. The van der Waals surface area contributed by atoms with E-state index in [0.717, 1.165) is 0 Å². The summed E-state index contributed by atoms with van der Waals surface area (Å²) in [5.74, 6) is -0.687. The highest BCUT2D eigenvalue weighted by atomic mass is 16.5. The lowest BCUT2D eigenvalue weighted by molar-refractivity contribution is -0.143. The highest BCUT2D eigenvalue weighted by Crippen LogP contribution is 1.94. The van der Waals surface area contributed by atoms with E-state index in [1.165, 1.54) is 0 Å². The van der Waals surface area contributed by atoms with Crippen molar-refractivity contribution in [2.24, 2.45) is 0 Å². The second-order valence-corrected chi connectivity index (χ2v) is 1.65. The van der Waals surface area contributed by atoms with Crippen LogP contribution in [0, 0.1) is 0 Å². The maximum Gasteiger partial charge on any atom is 0.224 e. The molecule has 0 aromatic heterocycles. The van der Waals surface area contributed by atoms with Crippen molar-refractivity contribution in [1.29, 1.82) is 0 Å². The van der Waals surface area contributed by atoms with Crippen LogP contribution in [0.3, 0.4) is 0 Å². The van der Waals surface area contributed by atoms with Gasteiger partial charge in [0.1, 0.15) is 6.61 Å². The van der Waals surface area contributed by atoms with Gasteiger partial charge in [-0.25, -0.2) is 0 Å². The molecule has 0 aromatic carbocycles. The fourth-order valence-corrected chi connectivity index (χ4v) is 0.550. The quantitative estimate of drug-likeness (QED) is 0.400. The summed E-state index contributed by atoms with van der Waals surface area (Å²) in [7, 11) is 0. The normalized spacial score (nSPS) is 21.5.